The minimum absolute atomic E-state index is 1.07. The molecule has 8 aromatic rings. The topological polar surface area (TPSA) is 25.5 Å². The SMILES string of the molecule is CCCCN(CCCC)c1ccc(N(c2ccc(C)cc2)c2ccc([N+](=C3C=CC(=[N+](c4ccc(C)cc4)c4ccc(N(CCCC)CCCC)cc4)C=C3)c3ccc(N(c4ccc(N(CCCC)CCCC)cc4)c4ccc(N(CCCC)CCCC)cc4)cc3)cc2)cc1. The van der Waals surface area contributed by atoms with E-state index in [0.717, 1.165) is 121 Å². The number of unbranched alkanes of at least 4 members (excludes halogenated alkanes) is 8. The van der Waals surface area contributed by atoms with E-state index in [-0.39, 0.29) is 0 Å². The van der Waals surface area contributed by atoms with Gasteiger partial charge in [0.15, 0.2) is 0 Å². The summed E-state index contributed by atoms with van der Waals surface area (Å²) in [6, 6.07) is 73.7. The summed E-state index contributed by atoms with van der Waals surface area (Å²) >= 11 is 0. The van der Waals surface area contributed by atoms with Crippen LogP contribution in [0.5, 0.6) is 0 Å². The summed E-state index contributed by atoms with van der Waals surface area (Å²) in [7, 11) is 0. The van der Waals surface area contributed by atoms with Crippen molar-refractivity contribution in [3.8, 4) is 0 Å². The number of aryl methyl sites for hydroxylation is 2. The van der Waals surface area contributed by atoms with Crippen LogP contribution in [0.15, 0.2) is 218 Å². The molecule has 0 aliphatic heterocycles. The van der Waals surface area contributed by atoms with Crippen molar-refractivity contribution in [3.63, 3.8) is 0 Å². The maximum absolute atomic E-state index is 2.59. The first-order valence-electron chi connectivity index (χ1n) is 37.2. The third-order valence-corrected chi connectivity index (χ3v) is 18.8. The van der Waals surface area contributed by atoms with Gasteiger partial charge in [0, 0.05) is 182 Å². The standard InChI is InChI=1S/C88H114N8/c1-11-19-63-89(64-20-12-2)73-35-43-79(44-36-73)93(77-31-27-71(9)28-32-77)83-51-55-86(56-52-83)96(87-57-53-84(54-58-87)94(78-33-29-72(10)30-34-78)80-45-37-74(38-46-80)90(65-21-13-3)66-22-14-4)88-61-59-85(60-62-88)95(81-47-39-75(40-48-81)91(67-23-15-5)68-24-16-6)82-49-41-76(42-50-82)92(69-25-17-7)70-26-18-8/h27-62H,11-26,63-70H2,1-10H3/q+2. The Morgan fingerprint density at radius 2 is 0.365 bits per heavy atom. The van der Waals surface area contributed by atoms with Crippen molar-refractivity contribution >= 4 is 91.0 Å². The molecule has 0 N–H and O–H groups in total. The van der Waals surface area contributed by atoms with E-state index < -0.39 is 0 Å². The lowest BCUT2D eigenvalue weighted by atomic mass is 10.1. The first-order chi connectivity index (χ1) is 47.1. The van der Waals surface area contributed by atoms with E-state index in [1.165, 1.54) is 137 Å². The van der Waals surface area contributed by atoms with E-state index in [1.54, 1.807) is 0 Å². The average Bonchev–Trinajstić information content (AvgIpc) is 0.799. The highest BCUT2D eigenvalue weighted by Gasteiger charge is 2.27. The molecule has 1 aliphatic carbocycles. The molecule has 0 unspecified atom stereocenters. The molecule has 0 aromatic heterocycles. The van der Waals surface area contributed by atoms with Crippen molar-refractivity contribution in [1.29, 1.82) is 0 Å². The Bertz CT molecular complexity index is 3580. The van der Waals surface area contributed by atoms with Crippen molar-refractivity contribution in [1.82, 2.24) is 9.15 Å². The smallest absolute Gasteiger partial charge is 0.212 e. The summed E-state index contributed by atoms with van der Waals surface area (Å²) in [5.41, 5.74) is 20.9. The first-order valence-corrected chi connectivity index (χ1v) is 37.2. The van der Waals surface area contributed by atoms with Gasteiger partial charge in [-0.15, -0.1) is 0 Å². The van der Waals surface area contributed by atoms with Crippen LogP contribution in [0, 0.1) is 13.8 Å². The van der Waals surface area contributed by atoms with Gasteiger partial charge in [0.2, 0.25) is 34.2 Å². The van der Waals surface area contributed by atoms with Crippen LogP contribution in [0.2, 0.25) is 0 Å². The van der Waals surface area contributed by atoms with Gasteiger partial charge in [-0.05, 0) is 187 Å². The second-order valence-electron chi connectivity index (χ2n) is 26.4. The molecular weight excluding hydrogens is 1170 g/mol. The number of rotatable bonds is 38. The number of hydrogen-bond acceptors (Lipinski definition) is 6. The van der Waals surface area contributed by atoms with Gasteiger partial charge in [-0.25, -0.2) is 0 Å². The average molecular weight is 1280 g/mol. The second-order valence-corrected chi connectivity index (χ2v) is 26.4. The molecular formula is C88H114N8+2. The van der Waals surface area contributed by atoms with Crippen molar-refractivity contribution in [2.75, 3.05) is 81.8 Å². The van der Waals surface area contributed by atoms with E-state index in [0.29, 0.717) is 0 Å². The summed E-state index contributed by atoms with van der Waals surface area (Å²) in [5, 5.41) is 0. The van der Waals surface area contributed by atoms with Gasteiger partial charge in [-0.2, -0.15) is 9.15 Å². The number of anilines is 10. The molecule has 0 radical (unpaired) electrons. The van der Waals surface area contributed by atoms with E-state index in [2.05, 4.69) is 326 Å². The van der Waals surface area contributed by atoms with Gasteiger partial charge in [-0.1, -0.05) is 142 Å². The van der Waals surface area contributed by atoms with Gasteiger partial charge in [0.25, 0.3) is 0 Å². The minimum Gasteiger partial charge on any atom is -0.372 e. The monoisotopic (exact) mass is 1280 g/mol. The lowest BCUT2D eigenvalue weighted by Crippen LogP contribution is -2.25. The number of hydrogen-bond donors (Lipinski definition) is 0. The molecule has 8 nitrogen and oxygen atoms in total. The fourth-order valence-corrected chi connectivity index (χ4v) is 13.0. The molecule has 0 bridgehead atoms. The minimum atomic E-state index is 1.07. The van der Waals surface area contributed by atoms with Crippen molar-refractivity contribution in [2.24, 2.45) is 0 Å². The Morgan fingerprint density at radius 3 is 0.573 bits per heavy atom. The Balaban J connectivity index is 1.17. The first kappa shape index (κ1) is 71.7. The maximum atomic E-state index is 2.59. The van der Waals surface area contributed by atoms with Gasteiger partial charge in [0.1, 0.15) is 0 Å². The Labute approximate surface area is 580 Å². The van der Waals surface area contributed by atoms with Gasteiger partial charge < -0.3 is 29.4 Å². The molecule has 0 fully saturated rings. The molecule has 0 atom stereocenters. The summed E-state index contributed by atoms with van der Waals surface area (Å²) in [5.74, 6) is 0. The zero-order valence-electron chi connectivity index (χ0n) is 60.3. The fourth-order valence-electron chi connectivity index (χ4n) is 13.0. The fraction of sp³-hybridized carbons (Fsp3) is 0.386. The Hall–Kier alpha value is -8.62. The molecule has 0 saturated carbocycles. The Morgan fingerprint density at radius 1 is 0.208 bits per heavy atom. The normalized spacial score (nSPS) is 11.9. The van der Waals surface area contributed by atoms with Crippen LogP contribution >= 0.6 is 0 Å². The van der Waals surface area contributed by atoms with Gasteiger partial charge >= 0.3 is 0 Å². The van der Waals surface area contributed by atoms with Crippen LogP contribution < -0.4 is 38.6 Å². The molecule has 0 spiro atoms. The third-order valence-electron chi connectivity index (χ3n) is 18.8. The van der Waals surface area contributed by atoms with Gasteiger partial charge in [-0.3, -0.25) is 0 Å². The summed E-state index contributed by atoms with van der Waals surface area (Å²) < 4.78 is 4.82. The molecule has 0 saturated heterocycles. The summed E-state index contributed by atoms with van der Waals surface area (Å²) in [6.07, 6.45) is 28.2. The maximum Gasteiger partial charge on any atom is 0.212 e. The van der Waals surface area contributed by atoms with Crippen LogP contribution in [-0.2, 0) is 0 Å². The zero-order chi connectivity index (χ0) is 67.4. The van der Waals surface area contributed by atoms with Crippen LogP contribution in [-0.4, -0.2) is 63.8 Å². The summed E-state index contributed by atoms with van der Waals surface area (Å²) in [6.45, 7) is 31.3. The highest BCUT2D eigenvalue weighted by Crippen LogP contribution is 2.41. The number of allylic oxidation sites excluding steroid dienone is 4. The zero-order valence-corrected chi connectivity index (χ0v) is 60.3. The van der Waals surface area contributed by atoms with Crippen LogP contribution in [0.3, 0.4) is 0 Å². The molecule has 0 amide bonds. The van der Waals surface area contributed by atoms with Crippen molar-refractivity contribution < 1.29 is 0 Å². The molecule has 8 heteroatoms. The highest BCUT2D eigenvalue weighted by atomic mass is 15.2. The largest absolute Gasteiger partial charge is 0.372 e. The molecule has 96 heavy (non-hydrogen) atoms. The summed E-state index contributed by atoms with van der Waals surface area (Å²) in [4.78, 5) is 15.2. The van der Waals surface area contributed by atoms with Crippen LogP contribution in [0.4, 0.5) is 79.6 Å². The van der Waals surface area contributed by atoms with E-state index in [9.17, 15) is 0 Å². The van der Waals surface area contributed by atoms with Gasteiger partial charge in [0.05, 0.1) is 0 Å². The second kappa shape index (κ2) is 37.6. The quantitative estimate of drug-likeness (QED) is 0.0283. The molecule has 1 aliphatic rings. The van der Waals surface area contributed by atoms with E-state index >= 15 is 0 Å². The van der Waals surface area contributed by atoms with Crippen molar-refractivity contribution in [3.05, 3.63) is 230 Å². The number of benzene rings is 8. The predicted octanol–water partition coefficient (Wildman–Crippen LogP) is 24.2. The lowest BCUT2D eigenvalue weighted by Gasteiger charge is -2.29. The van der Waals surface area contributed by atoms with E-state index in [4.69, 9.17) is 0 Å². The van der Waals surface area contributed by atoms with E-state index in [1.807, 2.05) is 0 Å². The highest BCUT2D eigenvalue weighted by molar-refractivity contribution is 6.21. The van der Waals surface area contributed by atoms with Crippen LogP contribution in [0.25, 0.3) is 0 Å². The van der Waals surface area contributed by atoms with Crippen molar-refractivity contribution in [2.45, 2.75) is 172 Å². The predicted molar refractivity (Wildman–Crippen MR) is 424 cm³/mol. The van der Waals surface area contributed by atoms with Crippen LogP contribution in [0.1, 0.15) is 169 Å². The number of nitrogens with zero attached hydrogens (tertiary/aromatic N) is 8. The molecule has 9 rings (SSSR count). The molecule has 504 valence electrons. The Kier molecular flexibility index (Phi) is 28.1. The third kappa shape index (κ3) is 19.3. The molecule has 8 aromatic carbocycles. The molecule has 0 heterocycles. The lowest BCUT2D eigenvalue weighted by molar-refractivity contribution is 0.678.